The van der Waals surface area contributed by atoms with Crippen LogP contribution in [0, 0.1) is 0 Å². The maximum atomic E-state index is 11.8. The number of urea groups is 1. The minimum Gasteiger partial charge on any atom is -0.355 e. The van der Waals surface area contributed by atoms with Crippen LogP contribution >= 0.6 is 0 Å². The van der Waals surface area contributed by atoms with E-state index in [4.69, 9.17) is 0 Å². The van der Waals surface area contributed by atoms with Crippen LogP contribution in [-0.4, -0.2) is 50.1 Å². The van der Waals surface area contributed by atoms with Crippen LogP contribution in [0.5, 0.6) is 0 Å². The van der Waals surface area contributed by atoms with Gasteiger partial charge in [-0.05, 0) is 31.3 Å². The summed E-state index contributed by atoms with van der Waals surface area (Å²) in [5, 5.41) is 8.07. The summed E-state index contributed by atoms with van der Waals surface area (Å²) in [5.41, 5.74) is 1.11. The van der Waals surface area contributed by atoms with Gasteiger partial charge in [0, 0.05) is 31.4 Å². The van der Waals surface area contributed by atoms with E-state index in [1.54, 1.807) is 31.3 Å². The summed E-state index contributed by atoms with van der Waals surface area (Å²) in [6, 6.07) is 6.55. The summed E-state index contributed by atoms with van der Waals surface area (Å²) in [4.78, 5) is 25.5. The van der Waals surface area contributed by atoms with Gasteiger partial charge in [0.05, 0.1) is 0 Å². The lowest BCUT2D eigenvalue weighted by Crippen LogP contribution is -2.36. The van der Waals surface area contributed by atoms with Crippen molar-refractivity contribution >= 4 is 17.6 Å². The Morgan fingerprint density at radius 3 is 2.52 bits per heavy atom. The molecule has 0 aliphatic carbocycles. The van der Waals surface area contributed by atoms with Crippen molar-refractivity contribution in [3.8, 4) is 0 Å². The first-order chi connectivity index (χ1) is 10.1. The molecule has 0 unspecified atom stereocenters. The molecule has 0 aromatic heterocycles. The lowest BCUT2D eigenvalue weighted by molar-refractivity contribution is 0.0963. The van der Waals surface area contributed by atoms with Crippen molar-refractivity contribution in [2.45, 2.75) is 13.8 Å². The van der Waals surface area contributed by atoms with Gasteiger partial charge in [-0.3, -0.25) is 4.79 Å². The number of amides is 3. The van der Waals surface area contributed by atoms with E-state index < -0.39 is 0 Å². The average Bonchev–Trinajstić information content (AvgIpc) is 2.51. The Kier molecular flexibility index (Phi) is 7.25. The number of carbonyl (C=O) groups is 2. The minimum absolute atomic E-state index is 0.180. The van der Waals surface area contributed by atoms with E-state index in [-0.39, 0.29) is 11.9 Å². The highest BCUT2D eigenvalue weighted by molar-refractivity contribution is 5.96. The average molecular weight is 292 g/mol. The number of likely N-dealkylation sites (N-methyl/N-ethyl adjacent to an activating group) is 1. The SMILES string of the molecule is CCN(CC)CCNC(=O)Nc1cccc(C(=O)NC)c1. The number of hydrogen-bond acceptors (Lipinski definition) is 3. The molecule has 0 spiro atoms. The summed E-state index contributed by atoms with van der Waals surface area (Å²) in [7, 11) is 1.57. The van der Waals surface area contributed by atoms with Crippen molar-refractivity contribution < 1.29 is 9.59 Å². The van der Waals surface area contributed by atoms with Gasteiger partial charge in [-0.25, -0.2) is 4.79 Å². The van der Waals surface area contributed by atoms with Gasteiger partial charge in [0.1, 0.15) is 0 Å². The lowest BCUT2D eigenvalue weighted by Gasteiger charge is -2.18. The Labute approximate surface area is 125 Å². The zero-order chi connectivity index (χ0) is 15.7. The van der Waals surface area contributed by atoms with E-state index in [9.17, 15) is 9.59 Å². The van der Waals surface area contributed by atoms with Gasteiger partial charge in [-0.15, -0.1) is 0 Å². The molecule has 6 heteroatoms. The minimum atomic E-state index is -0.267. The molecule has 6 nitrogen and oxygen atoms in total. The molecule has 0 aliphatic rings. The van der Waals surface area contributed by atoms with Gasteiger partial charge < -0.3 is 20.9 Å². The van der Waals surface area contributed by atoms with Crippen LogP contribution in [0.2, 0.25) is 0 Å². The smallest absolute Gasteiger partial charge is 0.319 e. The summed E-state index contributed by atoms with van der Waals surface area (Å²) in [6.45, 7) is 7.52. The number of anilines is 1. The molecule has 0 aliphatic heterocycles. The fourth-order valence-electron chi connectivity index (χ4n) is 1.93. The monoisotopic (exact) mass is 292 g/mol. The lowest BCUT2D eigenvalue weighted by atomic mass is 10.2. The number of hydrogen-bond donors (Lipinski definition) is 3. The quantitative estimate of drug-likeness (QED) is 0.713. The highest BCUT2D eigenvalue weighted by Gasteiger charge is 2.06. The van der Waals surface area contributed by atoms with Crippen molar-refractivity contribution in [2.24, 2.45) is 0 Å². The van der Waals surface area contributed by atoms with E-state index in [1.165, 1.54) is 0 Å². The Bertz CT molecular complexity index is 472. The van der Waals surface area contributed by atoms with Gasteiger partial charge in [0.25, 0.3) is 5.91 Å². The molecule has 0 atom stereocenters. The summed E-state index contributed by atoms with van der Waals surface area (Å²) < 4.78 is 0. The van der Waals surface area contributed by atoms with Crippen molar-refractivity contribution in [3.05, 3.63) is 29.8 Å². The molecule has 0 heterocycles. The molecule has 1 aromatic carbocycles. The predicted octanol–water partition coefficient (Wildman–Crippen LogP) is 1.51. The fraction of sp³-hybridized carbons (Fsp3) is 0.467. The molecule has 3 N–H and O–H groups in total. The molecule has 3 amide bonds. The molecule has 1 aromatic rings. The van der Waals surface area contributed by atoms with Crippen molar-refractivity contribution in [1.29, 1.82) is 0 Å². The van der Waals surface area contributed by atoms with Gasteiger partial charge >= 0.3 is 6.03 Å². The molecule has 0 radical (unpaired) electrons. The van der Waals surface area contributed by atoms with Gasteiger partial charge in [-0.2, -0.15) is 0 Å². The molecule has 21 heavy (non-hydrogen) atoms. The zero-order valence-electron chi connectivity index (χ0n) is 12.9. The number of nitrogens with one attached hydrogen (secondary N) is 3. The van der Waals surface area contributed by atoms with Crippen LogP contribution in [-0.2, 0) is 0 Å². The highest BCUT2D eigenvalue weighted by Crippen LogP contribution is 2.10. The Morgan fingerprint density at radius 1 is 1.19 bits per heavy atom. The third-order valence-electron chi connectivity index (χ3n) is 3.22. The number of carbonyl (C=O) groups excluding carboxylic acids is 2. The van der Waals surface area contributed by atoms with Crippen LogP contribution in [0.15, 0.2) is 24.3 Å². The molecular formula is C15H24N4O2. The molecule has 1 rings (SSSR count). The maximum Gasteiger partial charge on any atom is 0.319 e. The van der Waals surface area contributed by atoms with Gasteiger partial charge in [0.2, 0.25) is 0 Å². The Hall–Kier alpha value is -2.08. The molecular weight excluding hydrogens is 268 g/mol. The molecule has 116 valence electrons. The number of nitrogens with zero attached hydrogens (tertiary/aromatic N) is 1. The second kappa shape index (κ2) is 8.97. The third-order valence-corrected chi connectivity index (χ3v) is 3.22. The van der Waals surface area contributed by atoms with Crippen LogP contribution in [0.4, 0.5) is 10.5 Å². The van der Waals surface area contributed by atoms with Crippen LogP contribution < -0.4 is 16.0 Å². The first-order valence-electron chi connectivity index (χ1n) is 7.20. The normalized spacial score (nSPS) is 10.3. The number of benzene rings is 1. The summed E-state index contributed by atoms with van der Waals surface area (Å²) in [6.07, 6.45) is 0. The highest BCUT2D eigenvalue weighted by atomic mass is 16.2. The van der Waals surface area contributed by atoms with E-state index in [2.05, 4.69) is 34.7 Å². The first kappa shape index (κ1) is 17.0. The molecule has 0 bridgehead atoms. The van der Waals surface area contributed by atoms with E-state index in [0.717, 1.165) is 19.6 Å². The molecule has 0 saturated carbocycles. The topological polar surface area (TPSA) is 73.5 Å². The number of rotatable bonds is 7. The molecule has 0 fully saturated rings. The summed E-state index contributed by atoms with van der Waals surface area (Å²) in [5.74, 6) is -0.180. The second-order valence-corrected chi connectivity index (χ2v) is 4.57. The van der Waals surface area contributed by atoms with E-state index in [0.29, 0.717) is 17.8 Å². The summed E-state index contributed by atoms with van der Waals surface area (Å²) >= 11 is 0. The van der Waals surface area contributed by atoms with Crippen LogP contribution in [0.25, 0.3) is 0 Å². The van der Waals surface area contributed by atoms with Crippen molar-refractivity contribution in [1.82, 2.24) is 15.5 Å². The third kappa shape index (κ3) is 5.83. The van der Waals surface area contributed by atoms with Crippen LogP contribution in [0.1, 0.15) is 24.2 Å². The fourth-order valence-corrected chi connectivity index (χ4v) is 1.93. The zero-order valence-corrected chi connectivity index (χ0v) is 12.9. The predicted molar refractivity (Wildman–Crippen MR) is 84.6 cm³/mol. The largest absolute Gasteiger partial charge is 0.355 e. The Balaban J connectivity index is 2.46. The Morgan fingerprint density at radius 2 is 1.90 bits per heavy atom. The van der Waals surface area contributed by atoms with E-state index in [1.807, 2.05) is 0 Å². The maximum absolute atomic E-state index is 11.8. The first-order valence-corrected chi connectivity index (χ1v) is 7.20. The van der Waals surface area contributed by atoms with Crippen LogP contribution in [0.3, 0.4) is 0 Å². The standard InChI is InChI=1S/C15H24N4O2/c1-4-19(5-2)10-9-17-15(21)18-13-8-6-7-12(11-13)14(20)16-3/h6-8,11H,4-5,9-10H2,1-3H3,(H,16,20)(H2,17,18,21). The second-order valence-electron chi connectivity index (χ2n) is 4.57. The van der Waals surface area contributed by atoms with Gasteiger partial charge in [-0.1, -0.05) is 19.9 Å². The van der Waals surface area contributed by atoms with Gasteiger partial charge in [0.15, 0.2) is 0 Å². The van der Waals surface area contributed by atoms with Crippen molar-refractivity contribution in [3.63, 3.8) is 0 Å². The van der Waals surface area contributed by atoms with Crippen molar-refractivity contribution in [2.75, 3.05) is 38.5 Å². The van der Waals surface area contributed by atoms with E-state index >= 15 is 0 Å². The molecule has 0 saturated heterocycles.